The molecule has 3 heterocycles. The minimum absolute atomic E-state index is 0.107. The summed E-state index contributed by atoms with van der Waals surface area (Å²) >= 11 is 1.81. The molecule has 0 fully saturated rings. The van der Waals surface area contributed by atoms with Crippen molar-refractivity contribution in [2.45, 2.75) is 23.2 Å². The molecule has 1 aromatic carbocycles. The number of thioether (sulfide) groups is 1. The number of likely N-dealkylation sites (N-methyl/N-ethyl adjacent to an activating group) is 1. The van der Waals surface area contributed by atoms with Crippen molar-refractivity contribution in [3.05, 3.63) is 70.6 Å². The summed E-state index contributed by atoms with van der Waals surface area (Å²) in [6, 6.07) is 18.0. The summed E-state index contributed by atoms with van der Waals surface area (Å²) in [5.41, 5.74) is 2.29. The van der Waals surface area contributed by atoms with Crippen molar-refractivity contribution >= 4 is 22.7 Å². The molecular formula is C20H21N3OS. The third-order valence-electron chi connectivity index (χ3n) is 4.60. The number of aromatic nitrogens is 2. The molecule has 2 aromatic heterocycles. The smallest absolute Gasteiger partial charge is 0.251 e. The molecule has 1 aliphatic rings. The zero-order valence-corrected chi connectivity index (χ0v) is 15.1. The van der Waals surface area contributed by atoms with Crippen molar-refractivity contribution in [2.75, 3.05) is 20.1 Å². The molecule has 0 spiro atoms. The quantitative estimate of drug-likeness (QED) is 0.708. The normalized spacial score (nSPS) is 16.5. The number of fused-ring (bicyclic) bond motifs is 2. The SMILES string of the molecule is CN(CCc1ccc2ccccc2n1)CC1Cn2c(cccc2=O)S1. The van der Waals surface area contributed by atoms with Crippen LogP contribution in [0, 0.1) is 0 Å². The first-order valence-corrected chi connectivity index (χ1v) is 9.47. The monoisotopic (exact) mass is 351 g/mol. The van der Waals surface area contributed by atoms with Crippen LogP contribution in [-0.4, -0.2) is 39.8 Å². The number of pyridine rings is 2. The first kappa shape index (κ1) is 16.4. The highest BCUT2D eigenvalue weighted by Crippen LogP contribution is 2.30. The van der Waals surface area contributed by atoms with Gasteiger partial charge in [0.1, 0.15) is 0 Å². The number of rotatable bonds is 5. The number of hydrogen-bond donors (Lipinski definition) is 0. The van der Waals surface area contributed by atoms with Crippen LogP contribution in [0.1, 0.15) is 5.69 Å². The van der Waals surface area contributed by atoms with Crippen LogP contribution in [0.2, 0.25) is 0 Å². The van der Waals surface area contributed by atoms with Gasteiger partial charge < -0.3 is 9.47 Å². The Labute approximate surface area is 151 Å². The molecule has 0 amide bonds. The third kappa shape index (κ3) is 3.62. The molecule has 0 N–H and O–H groups in total. The Morgan fingerprint density at radius 1 is 1.16 bits per heavy atom. The molecular weight excluding hydrogens is 330 g/mol. The number of benzene rings is 1. The summed E-state index contributed by atoms with van der Waals surface area (Å²) in [6.45, 7) is 2.74. The van der Waals surface area contributed by atoms with Gasteiger partial charge >= 0.3 is 0 Å². The van der Waals surface area contributed by atoms with E-state index in [2.05, 4.69) is 36.2 Å². The maximum absolute atomic E-state index is 11.9. The maximum Gasteiger partial charge on any atom is 0.251 e. The number of hydrogen-bond acceptors (Lipinski definition) is 4. The van der Waals surface area contributed by atoms with E-state index in [0.717, 1.165) is 42.3 Å². The lowest BCUT2D eigenvalue weighted by atomic mass is 10.2. The molecule has 0 bridgehead atoms. The van der Waals surface area contributed by atoms with Crippen LogP contribution in [0.15, 0.2) is 64.4 Å². The van der Waals surface area contributed by atoms with Crippen LogP contribution in [-0.2, 0) is 13.0 Å². The molecule has 128 valence electrons. The summed E-state index contributed by atoms with van der Waals surface area (Å²) in [5, 5.41) is 2.71. The Morgan fingerprint density at radius 2 is 2.04 bits per heavy atom. The summed E-state index contributed by atoms with van der Waals surface area (Å²) in [5.74, 6) is 0. The van der Waals surface area contributed by atoms with Crippen LogP contribution >= 0.6 is 11.8 Å². The average molecular weight is 351 g/mol. The van der Waals surface area contributed by atoms with Gasteiger partial charge in [-0.15, -0.1) is 11.8 Å². The fraction of sp³-hybridized carbons (Fsp3) is 0.300. The molecule has 3 aromatic rings. The zero-order chi connectivity index (χ0) is 17.2. The van der Waals surface area contributed by atoms with Gasteiger partial charge in [0.05, 0.1) is 10.5 Å². The molecule has 1 aliphatic heterocycles. The van der Waals surface area contributed by atoms with Gasteiger partial charge in [-0.1, -0.05) is 30.3 Å². The fourth-order valence-electron chi connectivity index (χ4n) is 3.28. The summed E-state index contributed by atoms with van der Waals surface area (Å²) in [7, 11) is 2.15. The second-order valence-electron chi connectivity index (χ2n) is 6.56. The molecule has 0 radical (unpaired) electrons. The van der Waals surface area contributed by atoms with Crippen LogP contribution in [0.25, 0.3) is 10.9 Å². The van der Waals surface area contributed by atoms with E-state index in [1.807, 2.05) is 40.6 Å². The van der Waals surface area contributed by atoms with Crippen molar-refractivity contribution in [3.63, 3.8) is 0 Å². The zero-order valence-electron chi connectivity index (χ0n) is 14.3. The predicted molar refractivity (Wildman–Crippen MR) is 103 cm³/mol. The molecule has 0 saturated heterocycles. The van der Waals surface area contributed by atoms with Gasteiger partial charge in [0.15, 0.2) is 0 Å². The van der Waals surface area contributed by atoms with Crippen molar-refractivity contribution in [3.8, 4) is 0 Å². The highest BCUT2D eigenvalue weighted by atomic mass is 32.2. The summed E-state index contributed by atoms with van der Waals surface area (Å²) in [6.07, 6.45) is 0.936. The molecule has 1 unspecified atom stereocenters. The molecule has 4 nitrogen and oxygen atoms in total. The lowest BCUT2D eigenvalue weighted by molar-refractivity contribution is 0.331. The Balaban J connectivity index is 1.34. The standard InChI is InChI=1S/C20H21N3OS/c1-22(13-17-14-23-19(24)7-4-8-20(23)25-17)12-11-16-10-9-15-5-2-3-6-18(15)21-16/h2-10,17H,11-14H2,1H3. The number of nitrogens with zero attached hydrogens (tertiary/aromatic N) is 3. The first-order valence-electron chi connectivity index (χ1n) is 8.59. The predicted octanol–water partition coefficient (Wildman–Crippen LogP) is 3.05. The van der Waals surface area contributed by atoms with Gasteiger partial charge in [-0.2, -0.15) is 0 Å². The highest BCUT2D eigenvalue weighted by molar-refractivity contribution is 8.00. The minimum atomic E-state index is 0.107. The van der Waals surface area contributed by atoms with E-state index in [9.17, 15) is 4.79 Å². The Kier molecular flexibility index (Phi) is 4.59. The number of para-hydroxylation sites is 1. The van der Waals surface area contributed by atoms with Crippen LogP contribution < -0.4 is 5.56 Å². The van der Waals surface area contributed by atoms with Gasteiger partial charge in [-0.3, -0.25) is 9.78 Å². The lowest BCUT2D eigenvalue weighted by Crippen LogP contribution is -2.31. The van der Waals surface area contributed by atoms with E-state index in [1.54, 1.807) is 6.07 Å². The Hall–Kier alpha value is -2.11. The largest absolute Gasteiger partial charge is 0.305 e. The Morgan fingerprint density at radius 3 is 2.92 bits per heavy atom. The average Bonchev–Trinajstić information content (AvgIpc) is 3.03. The second-order valence-corrected chi connectivity index (χ2v) is 7.88. The van der Waals surface area contributed by atoms with E-state index >= 15 is 0 Å². The molecule has 25 heavy (non-hydrogen) atoms. The second kappa shape index (κ2) is 7.02. The van der Waals surface area contributed by atoms with Crippen LogP contribution in [0.3, 0.4) is 0 Å². The third-order valence-corrected chi connectivity index (χ3v) is 5.83. The van der Waals surface area contributed by atoms with Gasteiger partial charge in [-0.25, -0.2) is 0 Å². The molecule has 1 atom stereocenters. The highest BCUT2D eigenvalue weighted by Gasteiger charge is 2.23. The summed E-state index contributed by atoms with van der Waals surface area (Å²) in [4.78, 5) is 19.0. The van der Waals surface area contributed by atoms with Gasteiger partial charge in [0, 0.05) is 48.5 Å². The van der Waals surface area contributed by atoms with Crippen molar-refractivity contribution in [2.24, 2.45) is 0 Å². The first-order chi connectivity index (χ1) is 12.2. The van der Waals surface area contributed by atoms with E-state index in [4.69, 9.17) is 4.98 Å². The summed E-state index contributed by atoms with van der Waals surface area (Å²) < 4.78 is 1.88. The fourth-order valence-corrected chi connectivity index (χ4v) is 4.63. The molecule has 5 heteroatoms. The Bertz CT molecular complexity index is 953. The van der Waals surface area contributed by atoms with Gasteiger partial charge in [-0.05, 0) is 25.2 Å². The van der Waals surface area contributed by atoms with E-state index in [0.29, 0.717) is 5.25 Å². The van der Waals surface area contributed by atoms with Crippen molar-refractivity contribution in [1.82, 2.24) is 14.5 Å². The molecule has 4 rings (SSSR count). The van der Waals surface area contributed by atoms with Gasteiger partial charge in [0.25, 0.3) is 5.56 Å². The van der Waals surface area contributed by atoms with Crippen LogP contribution in [0.4, 0.5) is 0 Å². The molecule has 0 aliphatic carbocycles. The minimum Gasteiger partial charge on any atom is -0.305 e. The maximum atomic E-state index is 11.9. The lowest BCUT2D eigenvalue weighted by Gasteiger charge is -2.19. The van der Waals surface area contributed by atoms with E-state index in [-0.39, 0.29) is 5.56 Å². The molecule has 0 saturated carbocycles. The van der Waals surface area contributed by atoms with E-state index < -0.39 is 0 Å². The van der Waals surface area contributed by atoms with Crippen molar-refractivity contribution < 1.29 is 0 Å². The van der Waals surface area contributed by atoms with Crippen LogP contribution in [0.5, 0.6) is 0 Å². The van der Waals surface area contributed by atoms with E-state index in [1.165, 1.54) is 5.39 Å². The van der Waals surface area contributed by atoms with Gasteiger partial charge in [0.2, 0.25) is 0 Å². The topological polar surface area (TPSA) is 38.1 Å². The van der Waals surface area contributed by atoms with Crippen molar-refractivity contribution in [1.29, 1.82) is 0 Å².